The summed E-state index contributed by atoms with van der Waals surface area (Å²) in [4.78, 5) is 21.9. The van der Waals surface area contributed by atoms with Crippen molar-refractivity contribution in [2.24, 2.45) is 0 Å². The summed E-state index contributed by atoms with van der Waals surface area (Å²) in [7, 11) is 2.85. The van der Waals surface area contributed by atoms with E-state index in [1.54, 1.807) is 12.1 Å². The molecular formula is C36H39Cl2F6N5O4. The van der Waals surface area contributed by atoms with Crippen LogP contribution in [0.1, 0.15) is 41.1 Å². The molecule has 2 heterocycles. The van der Waals surface area contributed by atoms with Crippen molar-refractivity contribution in [2.45, 2.75) is 50.3 Å². The summed E-state index contributed by atoms with van der Waals surface area (Å²) in [6.45, 7) is 1.01. The molecule has 1 aromatic heterocycles. The maximum absolute atomic E-state index is 13.6. The first-order valence-corrected chi connectivity index (χ1v) is 17.6. The minimum atomic E-state index is -5.00. The Kier molecular flexibility index (Phi) is 13.3. The molecule has 9 nitrogen and oxygen atoms in total. The molecule has 1 fully saturated rings. The minimum absolute atomic E-state index is 0.0588. The van der Waals surface area contributed by atoms with Crippen LogP contribution in [0.2, 0.25) is 10.0 Å². The standard InChI is InChI=1S/C36H39Cl2F6N5O4/c1-47(33(50)27-20-26(51-2)8-10-32(27)53-36(42,43)44)21-24(23-7-9-28(37)29(38)19-23)11-14-48-15-12-25(13-16-48)45-34-46-30-5-3-4-6-31(30)49(34)17-18-52-22-35(39,40)41/h3-10,19-20,24-25H,11-18,21-22H2,1-2H3,(H,45,46). The number of rotatable bonds is 15. The number of likely N-dealkylation sites (tertiary alicyclic amines) is 1. The number of imidazole rings is 1. The second kappa shape index (κ2) is 17.5. The molecule has 288 valence electrons. The SMILES string of the molecule is COc1ccc(OC(F)(F)F)c(C(=O)N(C)CC(CCN2CCC(Nc3nc4ccccc4n3CCOCC(F)(F)F)CC2)c2ccc(Cl)c(Cl)c2)c1. The topological polar surface area (TPSA) is 81.1 Å². The van der Waals surface area contributed by atoms with Gasteiger partial charge in [0.25, 0.3) is 5.91 Å². The number of carbonyl (C=O) groups excluding carboxylic acids is 1. The van der Waals surface area contributed by atoms with Crippen molar-refractivity contribution in [1.29, 1.82) is 0 Å². The number of hydrogen-bond donors (Lipinski definition) is 1. The van der Waals surface area contributed by atoms with E-state index < -0.39 is 30.8 Å². The number of aromatic nitrogens is 2. The molecule has 0 saturated carbocycles. The number of carbonyl (C=O) groups is 1. The maximum Gasteiger partial charge on any atom is 0.573 e. The number of piperidine rings is 1. The average molecular weight is 791 g/mol. The molecule has 3 aromatic carbocycles. The molecular weight excluding hydrogens is 751 g/mol. The number of ether oxygens (including phenoxy) is 3. The second-order valence-electron chi connectivity index (χ2n) is 12.8. The lowest BCUT2D eigenvalue weighted by Crippen LogP contribution is -2.41. The highest BCUT2D eigenvalue weighted by molar-refractivity contribution is 6.42. The number of nitrogens with zero attached hydrogens (tertiary/aromatic N) is 4. The van der Waals surface area contributed by atoms with Crippen LogP contribution in [0.25, 0.3) is 11.0 Å². The van der Waals surface area contributed by atoms with Crippen LogP contribution in [0, 0.1) is 0 Å². The summed E-state index contributed by atoms with van der Waals surface area (Å²) < 4.78 is 93.4. The number of fused-ring (bicyclic) bond motifs is 1. The summed E-state index contributed by atoms with van der Waals surface area (Å²) in [5, 5.41) is 4.18. The largest absolute Gasteiger partial charge is 0.573 e. The lowest BCUT2D eigenvalue weighted by atomic mass is 9.94. The van der Waals surface area contributed by atoms with Gasteiger partial charge >= 0.3 is 12.5 Å². The zero-order chi connectivity index (χ0) is 38.3. The fourth-order valence-electron chi connectivity index (χ4n) is 6.34. The van der Waals surface area contributed by atoms with E-state index in [0.717, 1.165) is 48.6 Å². The van der Waals surface area contributed by atoms with Crippen LogP contribution in [0.5, 0.6) is 11.5 Å². The lowest BCUT2D eigenvalue weighted by Gasteiger charge is -2.34. The van der Waals surface area contributed by atoms with Crippen LogP contribution >= 0.6 is 23.2 Å². The number of para-hydroxylation sites is 2. The van der Waals surface area contributed by atoms with Gasteiger partial charge in [0.05, 0.1) is 40.4 Å². The van der Waals surface area contributed by atoms with Gasteiger partial charge in [-0.15, -0.1) is 13.2 Å². The monoisotopic (exact) mass is 789 g/mol. The van der Waals surface area contributed by atoms with E-state index in [-0.39, 0.29) is 43.0 Å². The van der Waals surface area contributed by atoms with Gasteiger partial charge in [-0.25, -0.2) is 4.98 Å². The third kappa shape index (κ3) is 11.3. The van der Waals surface area contributed by atoms with Gasteiger partial charge in [-0.2, -0.15) is 13.2 Å². The highest BCUT2D eigenvalue weighted by Gasteiger charge is 2.34. The van der Waals surface area contributed by atoms with Crippen LogP contribution in [0.4, 0.5) is 32.3 Å². The van der Waals surface area contributed by atoms with Crippen molar-refractivity contribution in [3.8, 4) is 11.5 Å². The number of methoxy groups -OCH3 is 1. The van der Waals surface area contributed by atoms with Crippen LogP contribution in [0.15, 0.2) is 60.7 Å². The van der Waals surface area contributed by atoms with E-state index in [0.29, 0.717) is 29.0 Å². The third-order valence-electron chi connectivity index (χ3n) is 8.99. The molecule has 1 saturated heterocycles. The number of benzene rings is 3. The molecule has 0 spiro atoms. The molecule has 1 amide bonds. The lowest BCUT2D eigenvalue weighted by molar-refractivity contribution is -0.274. The zero-order valence-corrected chi connectivity index (χ0v) is 30.5. The van der Waals surface area contributed by atoms with E-state index in [4.69, 9.17) is 37.7 Å². The van der Waals surface area contributed by atoms with E-state index in [9.17, 15) is 31.1 Å². The molecule has 5 rings (SSSR count). The predicted octanol–water partition coefficient (Wildman–Crippen LogP) is 8.65. The van der Waals surface area contributed by atoms with Crippen molar-refractivity contribution < 1.29 is 45.3 Å². The molecule has 1 aliphatic rings. The van der Waals surface area contributed by atoms with Gasteiger partial charge in [0, 0.05) is 45.2 Å². The molecule has 0 aliphatic carbocycles. The van der Waals surface area contributed by atoms with Crippen molar-refractivity contribution in [1.82, 2.24) is 19.4 Å². The Hall–Kier alpha value is -3.92. The number of halogens is 8. The number of hydrogen-bond acceptors (Lipinski definition) is 7. The maximum atomic E-state index is 13.6. The van der Waals surface area contributed by atoms with Gasteiger partial charge in [0.2, 0.25) is 5.95 Å². The fraction of sp³-hybridized carbons (Fsp3) is 0.444. The fourth-order valence-corrected chi connectivity index (χ4v) is 6.65. The van der Waals surface area contributed by atoms with E-state index >= 15 is 0 Å². The summed E-state index contributed by atoms with van der Waals surface area (Å²) in [6.07, 6.45) is -7.29. The van der Waals surface area contributed by atoms with E-state index in [1.165, 1.54) is 31.2 Å². The van der Waals surface area contributed by atoms with Crippen molar-refractivity contribution in [3.63, 3.8) is 0 Å². The number of nitrogens with one attached hydrogen (secondary N) is 1. The molecule has 0 radical (unpaired) electrons. The Balaban J connectivity index is 1.23. The summed E-state index contributed by atoms with van der Waals surface area (Å²) in [6, 6.07) is 16.2. The first kappa shape index (κ1) is 40.3. The molecule has 1 unspecified atom stereocenters. The highest BCUT2D eigenvalue weighted by atomic mass is 35.5. The smallest absolute Gasteiger partial charge is 0.497 e. The third-order valence-corrected chi connectivity index (χ3v) is 9.73. The predicted molar refractivity (Wildman–Crippen MR) is 190 cm³/mol. The molecule has 4 aromatic rings. The van der Waals surface area contributed by atoms with E-state index in [1.807, 2.05) is 34.9 Å². The first-order valence-electron chi connectivity index (χ1n) is 16.8. The molecule has 1 aliphatic heterocycles. The summed E-state index contributed by atoms with van der Waals surface area (Å²) in [5.41, 5.74) is 2.02. The van der Waals surface area contributed by atoms with Crippen molar-refractivity contribution in [3.05, 3.63) is 81.8 Å². The number of alkyl halides is 6. The van der Waals surface area contributed by atoms with Crippen LogP contribution < -0.4 is 14.8 Å². The van der Waals surface area contributed by atoms with Crippen LogP contribution in [0.3, 0.4) is 0 Å². The zero-order valence-electron chi connectivity index (χ0n) is 28.9. The Labute approximate surface area is 312 Å². The highest BCUT2D eigenvalue weighted by Crippen LogP contribution is 2.33. The minimum Gasteiger partial charge on any atom is -0.497 e. The van der Waals surface area contributed by atoms with Gasteiger partial charge in [0.15, 0.2) is 0 Å². The second-order valence-corrected chi connectivity index (χ2v) is 13.6. The Morgan fingerprint density at radius 3 is 2.42 bits per heavy atom. The van der Waals surface area contributed by atoms with Gasteiger partial charge in [-0.3, -0.25) is 4.79 Å². The van der Waals surface area contributed by atoms with Crippen molar-refractivity contribution >= 4 is 46.1 Å². The molecule has 53 heavy (non-hydrogen) atoms. The first-order chi connectivity index (χ1) is 25.1. The average Bonchev–Trinajstić information content (AvgIpc) is 3.45. The summed E-state index contributed by atoms with van der Waals surface area (Å²) >= 11 is 12.6. The number of likely N-dealkylation sites (N-methyl/N-ethyl adjacent to an activating group) is 1. The normalized spacial score (nSPS) is 15.1. The Morgan fingerprint density at radius 2 is 1.74 bits per heavy atom. The van der Waals surface area contributed by atoms with Crippen LogP contribution in [-0.4, -0.2) is 97.4 Å². The van der Waals surface area contributed by atoms with Gasteiger partial charge < -0.3 is 33.9 Å². The Bertz CT molecular complexity index is 1850. The molecule has 0 bridgehead atoms. The molecule has 17 heteroatoms. The van der Waals surface area contributed by atoms with E-state index in [2.05, 4.69) is 15.0 Å². The van der Waals surface area contributed by atoms with Crippen molar-refractivity contribution in [2.75, 3.05) is 58.9 Å². The van der Waals surface area contributed by atoms with Gasteiger partial charge in [-0.1, -0.05) is 41.4 Å². The summed E-state index contributed by atoms with van der Waals surface area (Å²) in [5.74, 6) is -0.817. The quantitative estimate of drug-likeness (QED) is 0.0955. The Morgan fingerprint density at radius 1 is 1.00 bits per heavy atom. The number of amides is 1. The molecule has 1 atom stereocenters. The molecule has 1 N–H and O–H groups in total. The van der Waals surface area contributed by atoms with Crippen LogP contribution in [-0.2, 0) is 11.3 Å². The van der Waals surface area contributed by atoms with Gasteiger partial charge in [-0.05, 0) is 73.8 Å². The number of anilines is 1. The van der Waals surface area contributed by atoms with Gasteiger partial charge in [0.1, 0.15) is 18.1 Å².